The molecule has 0 saturated heterocycles. The van der Waals surface area contributed by atoms with E-state index < -0.39 is 27.7 Å². The Kier molecular flexibility index (Phi) is 4.56. The summed E-state index contributed by atoms with van der Waals surface area (Å²) in [5, 5.41) is 10.8. The van der Waals surface area contributed by atoms with Crippen LogP contribution in [0.5, 0.6) is 0 Å². The third kappa shape index (κ3) is 3.71. The van der Waals surface area contributed by atoms with Crippen LogP contribution in [0, 0.1) is 12.7 Å². The van der Waals surface area contributed by atoms with E-state index in [1.54, 1.807) is 0 Å². The lowest BCUT2D eigenvalue weighted by atomic mass is 9.95. The van der Waals surface area contributed by atoms with Gasteiger partial charge in [0.2, 0.25) is 10.0 Å². The molecule has 0 atom stereocenters. The van der Waals surface area contributed by atoms with Crippen LogP contribution in [0.25, 0.3) is 22.4 Å². The number of alkyl halides is 3. The van der Waals surface area contributed by atoms with Gasteiger partial charge in [-0.3, -0.25) is 5.10 Å². The Morgan fingerprint density at radius 3 is 2.22 bits per heavy atom. The summed E-state index contributed by atoms with van der Waals surface area (Å²) in [5.41, 5.74) is -0.677. The van der Waals surface area contributed by atoms with Gasteiger partial charge in [0.05, 0.1) is 4.90 Å². The number of nitrogens with two attached hydrogens (primary N) is 1. The number of aromatic amines is 1. The number of halogens is 4. The van der Waals surface area contributed by atoms with Crippen molar-refractivity contribution in [2.45, 2.75) is 18.0 Å². The maximum absolute atomic E-state index is 13.5. The number of rotatable bonds is 3. The highest BCUT2D eigenvalue weighted by molar-refractivity contribution is 7.89. The van der Waals surface area contributed by atoms with Gasteiger partial charge in [0.25, 0.3) is 0 Å². The van der Waals surface area contributed by atoms with Crippen LogP contribution < -0.4 is 5.14 Å². The van der Waals surface area contributed by atoms with Crippen molar-refractivity contribution in [1.29, 1.82) is 0 Å². The lowest BCUT2D eigenvalue weighted by molar-refractivity contribution is -0.140. The molecule has 2 aromatic carbocycles. The monoisotopic (exact) mass is 399 g/mol. The first kappa shape index (κ1) is 19.1. The topological polar surface area (TPSA) is 88.8 Å². The SMILES string of the molecule is Cc1cc(F)ccc1-c1c(-c2ccc(S(N)(=O)=O)cc2)n[nH]c1C(F)(F)F. The van der Waals surface area contributed by atoms with Crippen molar-refractivity contribution in [2.24, 2.45) is 5.14 Å². The van der Waals surface area contributed by atoms with Gasteiger partial charge in [-0.1, -0.05) is 18.2 Å². The standard InChI is InChI=1S/C17H13F4N3O2S/c1-9-8-11(18)4-7-13(9)14-15(23-24-16(14)17(19,20)21)10-2-5-12(6-3-10)27(22,25)26/h2-8H,1H3,(H,23,24)(H2,22,25,26). The minimum atomic E-state index is -4.72. The highest BCUT2D eigenvalue weighted by Gasteiger charge is 2.38. The molecule has 0 unspecified atom stereocenters. The normalized spacial score (nSPS) is 12.4. The van der Waals surface area contributed by atoms with Crippen molar-refractivity contribution in [3.8, 4) is 22.4 Å². The molecule has 10 heteroatoms. The van der Waals surface area contributed by atoms with Gasteiger partial charge in [-0.05, 0) is 42.3 Å². The summed E-state index contributed by atoms with van der Waals surface area (Å²) in [6.45, 7) is 1.49. The summed E-state index contributed by atoms with van der Waals surface area (Å²) in [5.74, 6) is -0.577. The van der Waals surface area contributed by atoms with Crippen molar-refractivity contribution in [1.82, 2.24) is 10.2 Å². The van der Waals surface area contributed by atoms with Crippen molar-refractivity contribution in [3.63, 3.8) is 0 Å². The van der Waals surface area contributed by atoms with Crippen LogP contribution in [0.15, 0.2) is 47.4 Å². The van der Waals surface area contributed by atoms with Crippen molar-refractivity contribution in [2.75, 3.05) is 0 Å². The lowest BCUT2D eigenvalue weighted by Crippen LogP contribution is -2.11. The fraction of sp³-hybridized carbons (Fsp3) is 0.118. The Bertz CT molecular complexity index is 1100. The predicted molar refractivity (Wildman–Crippen MR) is 90.5 cm³/mol. The molecule has 3 N–H and O–H groups in total. The fourth-order valence-corrected chi connectivity index (χ4v) is 3.24. The number of benzene rings is 2. The first-order valence-corrected chi connectivity index (χ1v) is 9.08. The molecule has 0 radical (unpaired) electrons. The van der Waals surface area contributed by atoms with E-state index in [0.717, 1.165) is 12.1 Å². The molecule has 0 bridgehead atoms. The van der Waals surface area contributed by atoms with Crippen molar-refractivity contribution < 1.29 is 26.0 Å². The number of aryl methyl sites for hydroxylation is 1. The molecular weight excluding hydrogens is 386 g/mol. The Hall–Kier alpha value is -2.72. The van der Waals surface area contributed by atoms with Gasteiger partial charge in [-0.15, -0.1) is 0 Å². The molecule has 142 valence electrons. The summed E-state index contributed by atoms with van der Waals surface area (Å²) in [6, 6.07) is 8.38. The number of sulfonamides is 1. The van der Waals surface area contributed by atoms with Crippen LogP contribution in [0.3, 0.4) is 0 Å². The van der Waals surface area contributed by atoms with Gasteiger partial charge in [0.15, 0.2) is 0 Å². The molecule has 3 rings (SSSR count). The molecule has 0 spiro atoms. The van der Waals surface area contributed by atoms with Gasteiger partial charge in [0.1, 0.15) is 17.2 Å². The zero-order chi connectivity index (χ0) is 20.0. The van der Waals surface area contributed by atoms with Crippen molar-refractivity contribution >= 4 is 10.0 Å². The Morgan fingerprint density at radius 2 is 1.70 bits per heavy atom. The van der Waals surface area contributed by atoms with E-state index in [2.05, 4.69) is 5.10 Å². The number of H-pyrrole nitrogens is 1. The van der Waals surface area contributed by atoms with Gasteiger partial charge in [-0.25, -0.2) is 17.9 Å². The van der Waals surface area contributed by atoms with Gasteiger partial charge in [-0.2, -0.15) is 18.3 Å². The third-order valence-electron chi connectivity index (χ3n) is 3.96. The van der Waals surface area contributed by atoms with E-state index in [-0.39, 0.29) is 27.3 Å². The predicted octanol–water partition coefficient (Wildman–Crippen LogP) is 3.86. The summed E-state index contributed by atoms with van der Waals surface area (Å²) >= 11 is 0. The largest absolute Gasteiger partial charge is 0.433 e. The summed E-state index contributed by atoms with van der Waals surface area (Å²) < 4.78 is 76.5. The second kappa shape index (κ2) is 6.46. The highest BCUT2D eigenvalue weighted by Crippen LogP contribution is 2.42. The summed E-state index contributed by atoms with van der Waals surface area (Å²) in [4.78, 5) is -0.183. The molecular formula is C17H13F4N3O2S. The lowest BCUT2D eigenvalue weighted by Gasteiger charge is -2.12. The molecule has 0 aliphatic heterocycles. The van der Waals surface area contributed by atoms with Crippen LogP contribution in [0.4, 0.5) is 17.6 Å². The minimum Gasteiger partial charge on any atom is -0.272 e. The molecule has 0 aliphatic carbocycles. The summed E-state index contributed by atoms with van der Waals surface area (Å²) in [6.07, 6.45) is -4.72. The maximum atomic E-state index is 13.5. The Balaban J connectivity index is 2.24. The fourth-order valence-electron chi connectivity index (χ4n) is 2.73. The van der Waals surface area contributed by atoms with E-state index in [1.165, 1.54) is 37.3 Å². The summed E-state index contributed by atoms with van der Waals surface area (Å²) in [7, 11) is -3.94. The van der Waals surface area contributed by atoms with Crippen LogP contribution in [-0.2, 0) is 16.2 Å². The number of nitrogens with zero attached hydrogens (tertiary/aromatic N) is 1. The molecule has 0 fully saturated rings. The number of aromatic nitrogens is 2. The molecule has 0 aliphatic rings. The average Bonchev–Trinajstić information content (AvgIpc) is 2.99. The van der Waals surface area contributed by atoms with Gasteiger partial charge < -0.3 is 0 Å². The van der Waals surface area contributed by atoms with E-state index in [4.69, 9.17) is 5.14 Å². The van der Waals surface area contributed by atoms with E-state index in [0.29, 0.717) is 5.56 Å². The first-order valence-electron chi connectivity index (χ1n) is 7.54. The first-order chi connectivity index (χ1) is 12.5. The van der Waals surface area contributed by atoms with Gasteiger partial charge in [0, 0.05) is 11.1 Å². The number of primary sulfonamides is 1. The molecule has 5 nitrogen and oxygen atoms in total. The minimum absolute atomic E-state index is 0.0435. The third-order valence-corrected chi connectivity index (χ3v) is 4.89. The quantitative estimate of drug-likeness (QED) is 0.656. The van der Waals surface area contributed by atoms with E-state index >= 15 is 0 Å². The zero-order valence-corrected chi connectivity index (χ0v) is 14.6. The van der Waals surface area contributed by atoms with E-state index in [9.17, 15) is 26.0 Å². The molecule has 3 aromatic rings. The van der Waals surface area contributed by atoms with Crippen molar-refractivity contribution in [3.05, 3.63) is 59.5 Å². The Morgan fingerprint density at radius 1 is 1.07 bits per heavy atom. The van der Waals surface area contributed by atoms with Crippen LogP contribution >= 0.6 is 0 Å². The number of hydrogen-bond donors (Lipinski definition) is 2. The highest BCUT2D eigenvalue weighted by atomic mass is 32.2. The zero-order valence-electron chi connectivity index (χ0n) is 13.8. The van der Waals surface area contributed by atoms with E-state index in [1.807, 2.05) is 5.10 Å². The molecule has 27 heavy (non-hydrogen) atoms. The van der Waals surface area contributed by atoms with Crippen LogP contribution in [0.2, 0.25) is 0 Å². The molecule has 1 heterocycles. The average molecular weight is 399 g/mol. The molecule has 0 amide bonds. The smallest absolute Gasteiger partial charge is 0.272 e. The van der Waals surface area contributed by atoms with Crippen LogP contribution in [0.1, 0.15) is 11.3 Å². The molecule has 1 aromatic heterocycles. The number of hydrogen-bond acceptors (Lipinski definition) is 3. The second-order valence-electron chi connectivity index (χ2n) is 5.85. The number of nitrogens with one attached hydrogen (secondary N) is 1. The van der Waals surface area contributed by atoms with Crippen LogP contribution in [-0.4, -0.2) is 18.6 Å². The second-order valence-corrected chi connectivity index (χ2v) is 7.41. The molecule has 0 saturated carbocycles. The van der Waals surface area contributed by atoms with Gasteiger partial charge >= 0.3 is 6.18 Å². The Labute approximate surface area is 151 Å². The maximum Gasteiger partial charge on any atom is 0.433 e.